The second-order valence-corrected chi connectivity index (χ2v) is 36.6. The number of carboxylic acids is 2. The number of anilines is 1. The molecule has 16 N–H and O–H groups in total. The molecule has 1 unspecified atom stereocenters. The lowest BCUT2D eigenvalue weighted by molar-refractivity contribution is -0.222. The van der Waals surface area contributed by atoms with Gasteiger partial charge in [-0.05, 0) is 145 Å². The molecule has 3 aromatic heterocycles. The van der Waals surface area contributed by atoms with E-state index in [1.807, 2.05) is 67.3 Å². The Morgan fingerprint density at radius 1 is 0.768 bits per heavy atom. The van der Waals surface area contributed by atoms with Gasteiger partial charge in [0.05, 0.1) is 50.6 Å². The number of nitrogens with one attached hydrogen (secondary N) is 9. The average Bonchev–Trinajstić information content (AvgIpc) is 1.49. The normalized spacial score (nSPS) is 24.2. The first kappa shape index (κ1) is 93.5. The number of piperidine rings is 2. The molecular weight excluding hydrogens is 1650 g/mol. The predicted molar refractivity (Wildman–Crippen MR) is 464 cm³/mol. The summed E-state index contributed by atoms with van der Waals surface area (Å²) in [5.41, 5.74) is 9.20. The lowest BCUT2D eigenvalue weighted by Gasteiger charge is -2.64. The molecule has 674 valence electrons. The summed E-state index contributed by atoms with van der Waals surface area (Å²) in [6, 6.07) is 13.6. The fourth-order valence-electron chi connectivity index (χ4n) is 20.4. The van der Waals surface area contributed by atoms with E-state index in [1.165, 1.54) is 35.8 Å². The zero-order chi connectivity index (χ0) is 89.9. The molecule has 0 radical (unpaired) electrons. The molecule has 2 bridgehead atoms. The molecule has 5 amide bonds. The van der Waals surface area contributed by atoms with Crippen molar-refractivity contribution in [2.24, 2.45) is 23.0 Å². The van der Waals surface area contributed by atoms with Gasteiger partial charge < -0.3 is 81.6 Å². The number of H-pyrrole nitrogens is 2. The van der Waals surface area contributed by atoms with Gasteiger partial charge in [-0.25, -0.2) is 34.8 Å². The van der Waals surface area contributed by atoms with E-state index in [4.69, 9.17) is 25.4 Å². The van der Waals surface area contributed by atoms with Crippen LogP contribution < -0.4 is 53.0 Å². The van der Waals surface area contributed by atoms with Crippen LogP contribution in [0.25, 0.3) is 22.1 Å². The Labute approximate surface area is 730 Å². The minimum absolute atomic E-state index is 0.00334. The fraction of sp³-hybridized carbons (Fsp3) is 0.563. The SMILES string of the molecule is CC[C@]1(O)C[C@H]2CN(CCc3c([nH]c4ccccc34)[C@@](C(=O)OC)(c3cc4c(cc3OC)N(C)[C@H]3[C@@](O)(C(=O)NNC(=O)OCCSSCCNC(=O)C[C@H](NC(=O)C[C@H](NC(=O)[C@H](CCCNC(=N)N)CC(=O)CCCC(=O)CCCC(=O)c5ccc(CCc6cnc7nc(C)[nH]c(=O)c7n6)cc5)C(=O)O)C(=O)O)[C@H](O)[C@]5(CC)CCCN6CC[C@]43[C@@H]65)C2)C1. The van der Waals surface area contributed by atoms with Crippen molar-refractivity contribution in [3.05, 3.63) is 122 Å². The van der Waals surface area contributed by atoms with Crippen molar-refractivity contribution < 1.29 is 92.5 Å². The Hall–Kier alpha value is -10.6. The second-order valence-electron chi connectivity index (χ2n) is 33.9. The molecule has 12 rings (SSSR count). The number of ketones is 3. The molecule has 38 heteroatoms. The zero-order valence-corrected chi connectivity index (χ0v) is 72.9. The number of aliphatic carboxylic acids is 2. The molecule has 4 fully saturated rings. The summed E-state index contributed by atoms with van der Waals surface area (Å²) in [5, 5.41) is 77.1. The molecule has 13 atom stereocenters. The van der Waals surface area contributed by atoms with E-state index in [0.29, 0.717) is 130 Å². The number of Topliss-reactive ketones (excluding diaryl/α,β-unsaturated/α-hetero) is 3. The first-order valence-corrected chi connectivity index (χ1v) is 45.2. The van der Waals surface area contributed by atoms with E-state index in [2.05, 4.69) is 66.8 Å². The molecule has 3 saturated heterocycles. The van der Waals surface area contributed by atoms with Gasteiger partial charge in [0.25, 0.3) is 11.5 Å². The van der Waals surface area contributed by atoms with E-state index in [-0.39, 0.29) is 136 Å². The number of aryl methyl sites for hydroxylation is 3. The summed E-state index contributed by atoms with van der Waals surface area (Å²) in [6.07, 6.45) is 2.14. The van der Waals surface area contributed by atoms with Gasteiger partial charge in [-0.3, -0.25) is 63.8 Å². The number of hydrazine groups is 1. The van der Waals surface area contributed by atoms with E-state index in [1.54, 1.807) is 32.3 Å². The number of methoxy groups -OCH3 is 2. The number of para-hydroxylation sites is 1. The van der Waals surface area contributed by atoms with Crippen LogP contribution in [0, 0.1) is 29.6 Å². The molecule has 8 heterocycles. The number of nitrogens with two attached hydrogens (primary N) is 1. The number of likely N-dealkylation sites (N-methyl/N-ethyl adjacent to an activating group) is 1. The minimum atomic E-state index is -2.60. The van der Waals surface area contributed by atoms with Crippen molar-refractivity contribution in [2.75, 3.05) is 90.1 Å². The standard InChI is InChI=1S/C87H114N16O20S2/c1-7-83(119)44-51-45-86(80(117)122-6,70-58(28-34-102(47-51)48-83)57-19-9-10-20-61(57)97-70)60-40-59-64(43-66(60)121-5)101(4)77-85(59)30-35-103-33-14-29-84(8-2,76(85)103)78(115)87(77,120)79(116)99-100-82(118)123-36-38-125-124-37-32-90-67(107)41-62(74(111)112)96-68(108)42-63(75(113)114)98-72(109)53(15-13-31-91-81(88)89)39-56(105)18-11-16-55(104)17-12-21-65(106)52-25-22-50(23-26-52)24-27-54-46-92-71-69(95-54)73(110)94-49(3)93-71/h9-10,19-20,22-23,25-26,40,43,46,51,53,62-63,76-78,97,115,119-120H,7-8,11-18,21,24,27-39,41-42,44-45,47-48H2,1-6H3,(H,90,107)(H,96,108)(H,98,109)(H,99,116)(H,100,118)(H,111,112)(H,113,114)(H4,88,89,91)(H,92,93,94,110)/t51-,53-,62+,63+,76+,77-,78-,83+,84-,85-,86+,87+/m1/s1. The van der Waals surface area contributed by atoms with Crippen LogP contribution in [0.3, 0.4) is 0 Å². The van der Waals surface area contributed by atoms with E-state index in [9.17, 15) is 73.5 Å². The predicted octanol–water partition coefficient (Wildman–Crippen LogP) is 4.40. The van der Waals surface area contributed by atoms with Gasteiger partial charge in [0, 0.05) is 146 Å². The smallest absolute Gasteiger partial charge is 0.426 e. The molecular formula is C87H114N16O20S2. The average molecular weight is 1770 g/mol. The number of ether oxygens (including phenoxy) is 3. The highest BCUT2D eigenvalue weighted by Gasteiger charge is 2.79. The molecule has 125 heavy (non-hydrogen) atoms. The number of amides is 5. The largest absolute Gasteiger partial charge is 0.496 e. The number of rotatable bonds is 40. The number of hydrogen-bond acceptors (Lipinski definition) is 27. The summed E-state index contributed by atoms with van der Waals surface area (Å²) in [5.74, 6) is -8.92. The van der Waals surface area contributed by atoms with Gasteiger partial charge in [0.1, 0.15) is 53.3 Å². The van der Waals surface area contributed by atoms with E-state index >= 15 is 9.59 Å². The number of carbonyl (C=O) groups excluding carboxylic acids is 9. The summed E-state index contributed by atoms with van der Waals surface area (Å²) in [7, 11) is 7.20. The number of hydrogen-bond donors (Lipinski definition) is 15. The number of fused-ring (bicyclic) bond motifs is 7. The molecule has 36 nitrogen and oxygen atoms in total. The third kappa shape index (κ3) is 20.1. The summed E-state index contributed by atoms with van der Waals surface area (Å²) in [6.45, 7) is 8.54. The Morgan fingerprint density at radius 3 is 2.21 bits per heavy atom. The van der Waals surface area contributed by atoms with Crippen LogP contribution in [0.5, 0.6) is 5.75 Å². The van der Waals surface area contributed by atoms with Crippen LogP contribution in [-0.4, -0.2) is 258 Å². The van der Waals surface area contributed by atoms with Gasteiger partial charge >= 0.3 is 24.0 Å². The van der Waals surface area contributed by atoms with Crippen molar-refractivity contribution in [3.8, 4) is 5.75 Å². The maximum Gasteiger partial charge on any atom is 0.426 e. The van der Waals surface area contributed by atoms with Crippen LogP contribution in [0.4, 0.5) is 10.5 Å². The van der Waals surface area contributed by atoms with Gasteiger partial charge in [0.2, 0.25) is 17.7 Å². The van der Waals surface area contributed by atoms with E-state index in [0.717, 1.165) is 27.6 Å². The van der Waals surface area contributed by atoms with Crippen molar-refractivity contribution in [3.63, 3.8) is 0 Å². The molecule has 1 spiro atoms. The van der Waals surface area contributed by atoms with E-state index < -0.39 is 130 Å². The fourth-order valence-corrected chi connectivity index (χ4v) is 22.2. The number of aliphatic hydroxyl groups is 3. The zero-order valence-electron chi connectivity index (χ0n) is 71.2. The number of aromatic amines is 2. The van der Waals surface area contributed by atoms with Crippen molar-refractivity contribution in [1.82, 2.24) is 66.8 Å². The Kier molecular flexibility index (Phi) is 30.2. The van der Waals surface area contributed by atoms with Gasteiger partial charge in [-0.1, -0.05) is 77.9 Å². The Balaban J connectivity index is 0.590. The first-order chi connectivity index (χ1) is 59.8. The Morgan fingerprint density at radius 2 is 1.49 bits per heavy atom. The number of carbonyl (C=O) groups is 11. The summed E-state index contributed by atoms with van der Waals surface area (Å²) < 4.78 is 17.9. The number of aromatic nitrogens is 5. The van der Waals surface area contributed by atoms with Crippen molar-refractivity contribution in [2.45, 2.75) is 208 Å². The molecule has 6 aromatic rings. The highest BCUT2D eigenvalue weighted by Crippen LogP contribution is 2.69. The minimum Gasteiger partial charge on any atom is -0.496 e. The lowest BCUT2D eigenvalue weighted by atomic mass is 9.46. The molecule has 6 aliphatic rings. The number of esters is 1. The van der Waals surface area contributed by atoms with Crippen LogP contribution in [0.15, 0.2) is 71.7 Å². The van der Waals surface area contributed by atoms with Crippen LogP contribution in [-0.2, 0) is 82.7 Å². The van der Waals surface area contributed by atoms with Crippen LogP contribution in [0.2, 0.25) is 0 Å². The highest BCUT2D eigenvalue weighted by molar-refractivity contribution is 8.76. The highest BCUT2D eigenvalue weighted by atomic mass is 33.1. The van der Waals surface area contributed by atoms with Gasteiger partial charge in [-0.2, -0.15) is 0 Å². The quantitative estimate of drug-likeness (QED) is 0.00482. The molecule has 1 aliphatic carbocycles. The third-order valence-electron chi connectivity index (χ3n) is 26.1. The topological polar surface area (TPSA) is 536 Å². The molecule has 5 aliphatic heterocycles. The summed E-state index contributed by atoms with van der Waals surface area (Å²) >= 11 is 0. The number of aliphatic hydroxyl groups excluding tert-OH is 1. The van der Waals surface area contributed by atoms with Gasteiger partial charge in [0.15, 0.2) is 28.5 Å². The summed E-state index contributed by atoms with van der Waals surface area (Å²) in [4.78, 5) is 187. The molecule has 3 aromatic carbocycles. The van der Waals surface area contributed by atoms with Crippen molar-refractivity contribution in [1.29, 1.82) is 5.41 Å². The number of carboxylic acid groups (broad SMARTS) is 2. The van der Waals surface area contributed by atoms with Crippen LogP contribution >= 0.6 is 21.6 Å². The number of benzene rings is 3. The second kappa shape index (κ2) is 40.3. The van der Waals surface area contributed by atoms with Crippen molar-refractivity contribution >= 4 is 120 Å². The van der Waals surface area contributed by atoms with Gasteiger partial charge in [-0.15, -0.1) is 0 Å². The van der Waals surface area contributed by atoms with Crippen LogP contribution in [0.1, 0.15) is 179 Å². The monoisotopic (exact) mass is 1770 g/mol. The number of guanidine groups is 1. The number of nitrogens with zero attached hydrogens (tertiary/aromatic N) is 6. The maximum absolute atomic E-state index is 15.6. The molecule has 1 saturated carbocycles. The first-order valence-electron chi connectivity index (χ1n) is 42.8. The Bertz CT molecular complexity index is 5130. The maximum atomic E-state index is 15.6. The third-order valence-corrected chi connectivity index (χ3v) is 28.5. The lowest BCUT2D eigenvalue weighted by Crippen LogP contribution is -2.82.